The van der Waals surface area contributed by atoms with Gasteiger partial charge in [0.15, 0.2) is 5.96 Å². The number of piperidine rings is 1. The van der Waals surface area contributed by atoms with E-state index in [9.17, 15) is 8.42 Å². The van der Waals surface area contributed by atoms with Crippen LogP contribution in [0.1, 0.15) is 57.6 Å². The highest BCUT2D eigenvalue weighted by Gasteiger charge is 2.17. The fourth-order valence-electron chi connectivity index (χ4n) is 3.76. The van der Waals surface area contributed by atoms with Gasteiger partial charge in [0, 0.05) is 38.8 Å². The smallest absolute Gasteiger partial charge is 0.216 e. The monoisotopic (exact) mass is 565 g/mol. The van der Waals surface area contributed by atoms with Gasteiger partial charge in [-0.1, -0.05) is 30.7 Å². The van der Waals surface area contributed by atoms with Gasteiger partial charge >= 0.3 is 0 Å². The number of halogens is 1. The summed E-state index contributed by atoms with van der Waals surface area (Å²) >= 11 is 0. The van der Waals surface area contributed by atoms with Crippen molar-refractivity contribution in [2.24, 2.45) is 4.99 Å². The Balaban J connectivity index is 0.00000480. The van der Waals surface area contributed by atoms with Crippen LogP contribution in [-0.2, 0) is 22.3 Å². The highest BCUT2D eigenvalue weighted by Crippen LogP contribution is 2.16. The maximum atomic E-state index is 12.0. The van der Waals surface area contributed by atoms with Crippen LogP contribution in [0, 0.1) is 0 Å². The van der Waals surface area contributed by atoms with Gasteiger partial charge in [-0.3, -0.25) is 4.99 Å². The van der Waals surface area contributed by atoms with Crippen molar-refractivity contribution >= 4 is 40.0 Å². The Morgan fingerprint density at radius 2 is 1.84 bits per heavy atom. The highest BCUT2D eigenvalue weighted by molar-refractivity contribution is 14.0. The molecule has 1 aromatic carbocycles. The van der Waals surface area contributed by atoms with Crippen molar-refractivity contribution in [2.75, 3.05) is 26.7 Å². The van der Waals surface area contributed by atoms with Crippen LogP contribution >= 0.6 is 24.0 Å². The topological polar surface area (TPSA) is 85.8 Å². The van der Waals surface area contributed by atoms with E-state index in [-0.39, 0.29) is 35.8 Å². The van der Waals surface area contributed by atoms with E-state index in [4.69, 9.17) is 0 Å². The van der Waals surface area contributed by atoms with Crippen molar-refractivity contribution in [2.45, 2.75) is 70.8 Å². The van der Waals surface area contributed by atoms with Gasteiger partial charge in [0.05, 0.1) is 5.75 Å². The van der Waals surface area contributed by atoms with Gasteiger partial charge in [-0.2, -0.15) is 0 Å². The standard InChI is InChI=1S/C22H39N5O2S.HI/c1-18(2)26-30(28,29)17-21-11-9-20(10-12-21)16-25-22(23-4)24-13-7-15-27-14-6-5-8-19(27)3;/h9-12,18-19,26H,5-8,13-17H2,1-4H3,(H2,23,24,25);1H. The van der Waals surface area contributed by atoms with Crippen LogP contribution in [0.2, 0.25) is 0 Å². The predicted octanol–water partition coefficient (Wildman–Crippen LogP) is 3.06. The summed E-state index contributed by atoms with van der Waals surface area (Å²) in [5.41, 5.74) is 1.86. The normalized spacial score (nSPS) is 18.0. The van der Waals surface area contributed by atoms with Gasteiger partial charge < -0.3 is 15.5 Å². The number of benzene rings is 1. The number of nitrogens with one attached hydrogen (secondary N) is 3. The summed E-state index contributed by atoms with van der Waals surface area (Å²) in [6.07, 6.45) is 5.09. The average Bonchev–Trinajstić information content (AvgIpc) is 2.68. The zero-order valence-electron chi connectivity index (χ0n) is 19.4. The molecule has 9 heteroatoms. The SMILES string of the molecule is CN=C(NCCCN1CCCCC1C)NCc1ccc(CS(=O)(=O)NC(C)C)cc1.I. The Morgan fingerprint density at radius 3 is 2.45 bits per heavy atom. The van der Waals surface area contributed by atoms with Crippen LogP contribution < -0.4 is 15.4 Å². The molecule has 0 saturated carbocycles. The van der Waals surface area contributed by atoms with Gasteiger partial charge in [-0.25, -0.2) is 13.1 Å². The van der Waals surface area contributed by atoms with Crippen molar-refractivity contribution < 1.29 is 8.42 Å². The second kappa shape index (κ2) is 14.3. The lowest BCUT2D eigenvalue weighted by molar-refractivity contribution is 0.159. The van der Waals surface area contributed by atoms with E-state index in [0.29, 0.717) is 12.6 Å². The minimum Gasteiger partial charge on any atom is -0.356 e. The van der Waals surface area contributed by atoms with Gasteiger partial charge in [0.1, 0.15) is 0 Å². The van der Waals surface area contributed by atoms with E-state index in [1.165, 1.54) is 25.8 Å². The highest BCUT2D eigenvalue weighted by atomic mass is 127. The van der Waals surface area contributed by atoms with E-state index in [0.717, 1.165) is 36.6 Å². The van der Waals surface area contributed by atoms with E-state index < -0.39 is 10.0 Å². The molecule has 31 heavy (non-hydrogen) atoms. The van der Waals surface area contributed by atoms with Crippen molar-refractivity contribution in [3.05, 3.63) is 35.4 Å². The summed E-state index contributed by atoms with van der Waals surface area (Å²) in [4.78, 5) is 6.87. The molecule has 0 aromatic heterocycles. The van der Waals surface area contributed by atoms with Crippen molar-refractivity contribution in [3.8, 4) is 0 Å². The van der Waals surface area contributed by atoms with Gasteiger partial charge in [0.25, 0.3) is 0 Å². The fourth-order valence-corrected chi connectivity index (χ4v) is 5.19. The van der Waals surface area contributed by atoms with Crippen LogP contribution in [0.4, 0.5) is 0 Å². The Hall–Kier alpha value is -0.910. The number of likely N-dealkylation sites (tertiary alicyclic amines) is 1. The molecule has 1 aliphatic heterocycles. The summed E-state index contributed by atoms with van der Waals surface area (Å²) in [6.45, 7) is 9.85. The van der Waals surface area contributed by atoms with Crippen molar-refractivity contribution in [3.63, 3.8) is 0 Å². The summed E-state index contributed by atoms with van der Waals surface area (Å²) < 4.78 is 26.7. The minimum atomic E-state index is -3.30. The van der Waals surface area contributed by atoms with Gasteiger partial charge in [-0.15, -0.1) is 24.0 Å². The maximum absolute atomic E-state index is 12.0. The van der Waals surface area contributed by atoms with E-state index >= 15 is 0 Å². The molecular weight excluding hydrogens is 525 g/mol. The molecule has 1 aliphatic rings. The molecule has 1 aromatic rings. The third-order valence-corrected chi connectivity index (χ3v) is 6.88. The zero-order chi connectivity index (χ0) is 22.0. The first-order chi connectivity index (χ1) is 14.3. The van der Waals surface area contributed by atoms with Crippen LogP contribution in [0.15, 0.2) is 29.3 Å². The molecule has 1 atom stereocenters. The van der Waals surface area contributed by atoms with Gasteiger partial charge in [-0.05, 0) is 57.7 Å². The molecule has 1 fully saturated rings. The van der Waals surface area contributed by atoms with Crippen LogP contribution in [0.3, 0.4) is 0 Å². The van der Waals surface area contributed by atoms with E-state index in [1.54, 1.807) is 7.05 Å². The molecule has 3 N–H and O–H groups in total. The van der Waals surface area contributed by atoms with Crippen LogP contribution in [-0.4, -0.2) is 58.0 Å². The molecule has 0 amide bonds. The molecule has 1 heterocycles. The molecule has 1 unspecified atom stereocenters. The Labute approximate surface area is 205 Å². The zero-order valence-corrected chi connectivity index (χ0v) is 22.5. The molecule has 0 bridgehead atoms. The number of hydrogen-bond donors (Lipinski definition) is 3. The number of hydrogen-bond acceptors (Lipinski definition) is 4. The lowest BCUT2D eigenvalue weighted by Gasteiger charge is -2.33. The summed E-state index contributed by atoms with van der Waals surface area (Å²) in [6, 6.07) is 8.26. The number of aliphatic imine (C=N–C) groups is 1. The second-order valence-corrected chi connectivity index (χ2v) is 10.2. The summed E-state index contributed by atoms with van der Waals surface area (Å²) in [7, 11) is -1.52. The molecule has 0 aliphatic carbocycles. The van der Waals surface area contributed by atoms with Crippen LogP contribution in [0.5, 0.6) is 0 Å². The average molecular weight is 566 g/mol. The first-order valence-corrected chi connectivity index (χ1v) is 12.7. The lowest BCUT2D eigenvalue weighted by Crippen LogP contribution is -2.41. The fraction of sp³-hybridized carbons (Fsp3) is 0.682. The third-order valence-electron chi connectivity index (χ3n) is 5.33. The lowest BCUT2D eigenvalue weighted by atomic mass is 10.0. The number of sulfonamides is 1. The number of rotatable bonds is 10. The first kappa shape index (κ1) is 28.1. The Bertz CT molecular complexity index is 769. The predicted molar refractivity (Wildman–Crippen MR) is 140 cm³/mol. The Kier molecular flexibility index (Phi) is 13.0. The van der Waals surface area contributed by atoms with Crippen LogP contribution in [0.25, 0.3) is 0 Å². The Morgan fingerprint density at radius 1 is 1.16 bits per heavy atom. The molecule has 2 rings (SSSR count). The van der Waals surface area contributed by atoms with E-state index in [2.05, 4.69) is 32.2 Å². The number of nitrogens with zero attached hydrogens (tertiary/aromatic N) is 2. The molecule has 7 nitrogen and oxygen atoms in total. The molecular formula is C22H40IN5O2S. The number of guanidine groups is 1. The van der Waals surface area contributed by atoms with E-state index in [1.807, 2.05) is 38.1 Å². The first-order valence-electron chi connectivity index (χ1n) is 11.1. The van der Waals surface area contributed by atoms with Crippen molar-refractivity contribution in [1.29, 1.82) is 0 Å². The summed E-state index contributed by atoms with van der Waals surface area (Å²) in [5, 5.41) is 6.70. The van der Waals surface area contributed by atoms with Gasteiger partial charge in [0.2, 0.25) is 10.0 Å². The second-order valence-electron chi connectivity index (χ2n) is 8.44. The largest absolute Gasteiger partial charge is 0.356 e. The summed E-state index contributed by atoms with van der Waals surface area (Å²) in [5.74, 6) is 0.784. The molecule has 1 saturated heterocycles. The molecule has 0 spiro atoms. The minimum absolute atomic E-state index is 0. The quantitative estimate of drug-likeness (QED) is 0.176. The molecule has 178 valence electrons. The maximum Gasteiger partial charge on any atom is 0.216 e. The third kappa shape index (κ3) is 11.0. The van der Waals surface area contributed by atoms with Crippen molar-refractivity contribution in [1.82, 2.24) is 20.3 Å². The molecule has 0 radical (unpaired) electrons.